The third-order valence-electron chi connectivity index (χ3n) is 4.63. The van der Waals surface area contributed by atoms with E-state index in [9.17, 15) is 0 Å². The minimum atomic E-state index is 0. The topological polar surface area (TPSA) is 55.8 Å². The van der Waals surface area contributed by atoms with Gasteiger partial charge in [-0.05, 0) is 50.7 Å². The van der Waals surface area contributed by atoms with E-state index in [2.05, 4.69) is 70.6 Å². The number of anilines is 1. The van der Waals surface area contributed by atoms with Gasteiger partial charge in [-0.25, -0.2) is 9.98 Å². The lowest BCUT2D eigenvalue weighted by molar-refractivity contribution is 0.312. The first kappa shape index (κ1) is 22.9. The quantitative estimate of drug-likeness (QED) is 0.353. The molecule has 28 heavy (non-hydrogen) atoms. The molecule has 0 amide bonds. The van der Waals surface area contributed by atoms with E-state index in [-0.39, 0.29) is 24.0 Å². The third kappa shape index (κ3) is 6.89. The summed E-state index contributed by atoms with van der Waals surface area (Å²) in [6.07, 6.45) is 1.90. The summed E-state index contributed by atoms with van der Waals surface area (Å²) < 4.78 is 0. The summed E-state index contributed by atoms with van der Waals surface area (Å²) >= 11 is 1.82. The van der Waals surface area contributed by atoms with Crippen LogP contribution in [0.15, 0.2) is 35.5 Å². The van der Waals surface area contributed by atoms with Gasteiger partial charge >= 0.3 is 0 Å². The summed E-state index contributed by atoms with van der Waals surface area (Å²) in [5, 5.41) is 6.75. The van der Waals surface area contributed by atoms with Gasteiger partial charge in [-0.1, -0.05) is 0 Å². The van der Waals surface area contributed by atoms with Crippen molar-refractivity contribution in [1.82, 2.24) is 20.5 Å². The van der Waals surface area contributed by atoms with E-state index in [1.54, 1.807) is 0 Å². The number of nitrogens with zero attached hydrogens (tertiary/aromatic N) is 4. The van der Waals surface area contributed by atoms with Crippen LogP contribution in [0.3, 0.4) is 0 Å². The molecule has 2 N–H and O–H groups in total. The Balaban J connectivity index is 0.00000280. The molecule has 0 unspecified atom stereocenters. The molecule has 2 aromatic heterocycles. The second kappa shape index (κ2) is 11.6. The zero-order valence-electron chi connectivity index (χ0n) is 16.9. The molecule has 154 valence electrons. The van der Waals surface area contributed by atoms with E-state index in [0.717, 1.165) is 51.0 Å². The summed E-state index contributed by atoms with van der Waals surface area (Å²) in [5.74, 6) is 1.91. The summed E-state index contributed by atoms with van der Waals surface area (Å²) in [4.78, 5) is 16.7. The molecule has 0 saturated carbocycles. The minimum absolute atomic E-state index is 0. The molecule has 1 saturated heterocycles. The zero-order chi connectivity index (χ0) is 19.1. The number of aliphatic imine (C=N–C) groups is 1. The number of halogens is 1. The van der Waals surface area contributed by atoms with Crippen LogP contribution >= 0.6 is 35.3 Å². The Morgan fingerprint density at radius 3 is 2.64 bits per heavy atom. The van der Waals surface area contributed by atoms with E-state index < -0.39 is 0 Å². The smallest absolute Gasteiger partial charge is 0.191 e. The van der Waals surface area contributed by atoms with E-state index in [1.165, 1.54) is 15.3 Å². The van der Waals surface area contributed by atoms with Crippen molar-refractivity contribution in [2.45, 2.75) is 26.9 Å². The summed E-state index contributed by atoms with van der Waals surface area (Å²) in [6, 6.07) is 8.54. The Bertz CT molecular complexity index is 755. The van der Waals surface area contributed by atoms with Gasteiger partial charge in [0.15, 0.2) is 5.96 Å². The normalized spacial score (nSPS) is 15.2. The van der Waals surface area contributed by atoms with Gasteiger partial charge in [0.1, 0.15) is 5.82 Å². The van der Waals surface area contributed by atoms with Gasteiger partial charge in [-0.3, -0.25) is 0 Å². The number of likely N-dealkylation sites (N-methyl/N-ethyl adjacent to an activating group) is 1. The number of hydrogen-bond donors (Lipinski definition) is 2. The SMILES string of the molecule is CCNC(=NCc1ccnc(N2CCN(C)CC2)c1)NCc1ccc(C)s1.I. The van der Waals surface area contributed by atoms with E-state index >= 15 is 0 Å². The maximum absolute atomic E-state index is 4.75. The van der Waals surface area contributed by atoms with Crippen molar-refractivity contribution in [3.8, 4) is 0 Å². The van der Waals surface area contributed by atoms with Gasteiger partial charge in [0.05, 0.1) is 13.1 Å². The summed E-state index contributed by atoms with van der Waals surface area (Å²) in [6.45, 7) is 10.7. The lowest BCUT2D eigenvalue weighted by Crippen LogP contribution is -2.44. The van der Waals surface area contributed by atoms with Crippen molar-refractivity contribution in [3.63, 3.8) is 0 Å². The average molecular weight is 514 g/mol. The number of rotatable bonds is 6. The van der Waals surface area contributed by atoms with Crippen LogP contribution in [0, 0.1) is 6.92 Å². The molecule has 0 bridgehead atoms. The number of guanidine groups is 1. The first-order chi connectivity index (χ1) is 13.1. The molecule has 1 fully saturated rings. The third-order valence-corrected chi connectivity index (χ3v) is 5.63. The van der Waals surface area contributed by atoms with Crippen LogP contribution in [0.1, 0.15) is 22.2 Å². The van der Waals surface area contributed by atoms with Gasteiger partial charge in [-0.15, -0.1) is 35.3 Å². The molecular weight excluding hydrogens is 483 g/mol. The van der Waals surface area contributed by atoms with Gasteiger partial charge in [-0.2, -0.15) is 0 Å². The maximum atomic E-state index is 4.75. The van der Waals surface area contributed by atoms with Crippen molar-refractivity contribution >= 4 is 47.1 Å². The highest BCUT2D eigenvalue weighted by Gasteiger charge is 2.15. The minimum Gasteiger partial charge on any atom is -0.357 e. The second-order valence-corrected chi connectivity index (χ2v) is 8.25. The number of hydrogen-bond acceptors (Lipinski definition) is 5. The Hall–Kier alpha value is -1.39. The molecule has 6 nitrogen and oxygen atoms in total. The largest absolute Gasteiger partial charge is 0.357 e. The Labute approximate surface area is 189 Å². The maximum Gasteiger partial charge on any atom is 0.191 e. The molecule has 1 aliphatic rings. The molecule has 3 rings (SSSR count). The number of aryl methyl sites for hydroxylation is 1. The Morgan fingerprint density at radius 2 is 1.96 bits per heavy atom. The van der Waals surface area contributed by atoms with Gasteiger partial charge in [0.2, 0.25) is 0 Å². The molecular formula is C20H31IN6S. The predicted octanol–water partition coefficient (Wildman–Crippen LogP) is 3.08. The number of thiophene rings is 1. The fourth-order valence-electron chi connectivity index (χ4n) is 3.03. The van der Waals surface area contributed by atoms with Crippen LogP contribution in [0.5, 0.6) is 0 Å². The molecule has 8 heteroatoms. The molecule has 0 atom stereocenters. The van der Waals surface area contributed by atoms with Crippen molar-refractivity contribution in [1.29, 1.82) is 0 Å². The summed E-state index contributed by atoms with van der Waals surface area (Å²) in [7, 11) is 2.17. The number of nitrogens with one attached hydrogen (secondary N) is 2. The number of piperazine rings is 1. The molecule has 0 radical (unpaired) electrons. The van der Waals surface area contributed by atoms with Gasteiger partial charge < -0.3 is 20.4 Å². The Morgan fingerprint density at radius 1 is 1.18 bits per heavy atom. The van der Waals surface area contributed by atoms with Gasteiger partial charge in [0, 0.05) is 48.7 Å². The molecule has 2 aromatic rings. The molecule has 0 aromatic carbocycles. The first-order valence-corrected chi connectivity index (χ1v) is 10.4. The van der Waals surface area contributed by atoms with Crippen molar-refractivity contribution in [2.75, 3.05) is 44.7 Å². The lowest BCUT2D eigenvalue weighted by atomic mass is 10.2. The zero-order valence-corrected chi connectivity index (χ0v) is 20.1. The standard InChI is InChI=1S/C20H30N6S.HI/c1-4-21-20(24-15-18-6-5-16(2)27-18)23-14-17-7-8-22-19(13-17)26-11-9-25(3)10-12-26;/h5-8,13H,4,9-12,14-15H2,1-3H3,(H2,21,23,24);1H. The second-order valence-electron chi connectivity index (χ2n) is 6.87. The molecule has 0 spiro atoms. The highest BCUT2D eigenvalue weighted by molar-refractivity contribution is 14.0. The lowest BCUT2D eigenvalue weighted by Gasteiger charge is -2.33. The monoisotopic (exact) mass is 514 g/mol. The fourth-order valence-corrected chi connectivity index (χ4v) is 3.86. The fraction of sp³-hybridized carbons (Fsp3) is 0.500. The highest BCUT2D eigenvalue weighted by atomic mass is 127. The first-order valence-electron chi connectivity index (χ1n) is 9.60. The average Bonchev–Trinajstić information content (AvgIpc) is 3.10. The molecule has 0 aliphatic carbocycles. The van der Waals surface area contributed by atoms with Crippen LogP contribution in [0.25, 0.3) is 0 Å². The van der Waals surface area contributed by atoms with Crippen molar-refractivity contribution in [2.24, 2.45) is 4.99 Å². The van der Waals surface area contributed by atoms with E-state index in [1.807, 2.05) is 17.5 Å². The van der Waals surface area contributed by atoms with Crippen molar-refractivity contribution in [3.05, 3.63) is 45.8 Å². The Kier molecular flexibility index (Phi) is 9.46. The molecule has 1 aliphatic heterocycles. The van der Waals surface area contributed by atoms with Crippen LogP contribution in [-0.4, -0.2) is 55.6 Å². The number of aromatic nitrogens is 1. The molecule has 3 heterocycles. The van der Waals surface area contributed by atoms with Crippen LogP contribution < -0.4 is 15.5 Å². The van der Waals surface area contributed by atoms with Crippen LogP contribution in [0.2, 0.25) is 0 Å². The van der Waals surface area contributed by atoms with Crippen molar-refractivity contribution < 1.29 is 0 Å². The van der Waals surface area contributed by atoms with E-state index in [4.69, 9.17) is 4.99 Å². The van der Waals surface area contributed by atoms with Crippen LogP contribution in [-0.2, 0) is 13.1 Å². The summed E-state index contributed by atoms with van der Waals surface area (Å²) in [5.41, 5.74) is 1.18. The predicted molar refractivity (Wildman–Crippen MR) is 130 cm³/mol. The van der Waals surface area contributed by atoms with Gasteiger partial charge in [0.25, 0.3) is 0 Å². The van der Waals surface area contributed by atoms with Crippen LogP contribution in [0.4, 0.5) is 5.82 Å². The highest BCUT2D eigenvalue weighted by Crippen LogP contribution is 2.16. The van der Waals surface area contributed by atoms with E-state index in [0.29, 0.717) is 6.54 Å². The number of pyridine rings is 1.